The minimum Gasteiger partial charge on any atom is -0.295 e. The van der Waals surface area contributed by atoms with Crippen LogP contribution in [0.3, 0.4) is 0 Å². The number of rotatable bonds is 7. The Kier molecular flexibility index (Phi) is 7.71. The van der Waals surface area contributed by atoms with Crippen LogP contribution in [-0.4, -0.2) is 18.9 Å². The van der Waals surface area contributed by atoms with E-state index in [1.54, 1.807) is 0 Å². The van der Waals surface area contributed by atoms with Crippen LogP contribution in [0.15, 0.2) is 110 Å². The van der Waals surface area contributed by atoms with Crippen LogP contribution < -0.4 is 0 Å². The molecule has 4 nitrogen and oxygen atoms in total. The number of hydrogen-bond acceptors (Lipinski definition) is 2. The van der Waals surface area contributed by atoms with Gasteiger partial charge in [0.1, 0.15) is 11.5 Å². The van der Waals surface area contributed by atoms with Crippen molar-refractivity contribution in [1.82, 2.24) is 18.9 Å². The average Bonchev–Trinajstić information content (AvgIpc) is 3.53. The van der Waals surface area contributed by atoms with Crippen molar-refractivity contribution in [2.75, 3.05) is 0 Å². The molecule has 0 radical (unpaired) electrons. The number of pyridine rings is 1. The van der Waals surface area contributed by atoms with Crippen molar-refractivity contribution in [3.8, 4) is 11.4 Å². The van der Waals surface area contributed by atoms with E-state index in [-0.39, 0.29) is 0 Å². The zero-order chi connectivity index (χ0) is 30.8. The predicted octanol–water partition coefficient (Wildman–Crippen LogP) is 10.2. The van der Waals surface area contributed by atoms with Crippen LogP contribution in [0.4, 0.5) is 0 Å². The summed E-state index contributed by atoms with van der Waals surface area (Å²) in [5.74, 6) is 0.889. The number of fused-ring (bicyclic) bond motifs is 7. The molecule has 220 valence electrons. The zero-order valence-electron chi connectivity index (χ0n) is 25.8. The molecule has 0 unspecified atom stereocenters. The highest BCUT2D eigenvalue weighted by Crippen LogP contribution is 2.35. The summed E-state index contributed by atoms with van der Waals surface area (Å²) in [6, 6.07) is 16.8. The number of nitrogens with zero attached hydrogens (tertiary/aromatic N) is 4. The molecule has 4 heteroatoms. The standard InChI is InChI=1S/C41H36N4/c1-4-7-16-31(6-3)44-39-22-14-13-20-35(39)42-40(44)30-26-23-29(24-27-30)25-28-36-38(15-5-2)45-37-21-10-8-9-18-33(37)32-17-11-12-19-34(32)41(45)43-36/h4-10,12-16,18-20,22-28H,3,11,17,21H2,1-2H3/b7-4-,15-5-,28-25+,31-16+. The van der Waals surface area contributed by atoms with Crippen molar-refractivity contribution in [3.05, 3.63) is 149 Å². The first-order valence-corrected chi connectivity index (χ1v) is 15.7. The summed E-state index contributed by atoms with van der Waals surface area (Å²) in [6.45, 7) is 8.17. The number of hydrogen-bond donors (Lipinski definition) is 0. The van der Waals surface area contributed by atoms with Gasteiger partial charge in [-0.3, -0.25) is 8.97 Å². The molecule has 0 saturated heterocycles. The molecule has 2 aliphatic rings. The quantitative estimate of drug-likeness (QED) is 0.178. The van der Waals surface area contributed by atoms with Gasteiger partial charge in [0, 0.05) is 28.9 Å². The number of allylic oxidation sites excluding steroid dienone is 10. The van der Waals surface area contributed by atoms with E-state index in [9.17, 15) is 0 Å². The second-order valence-electron chi connectivity index (χ2n) is 11.3. The minimum atomic E-state index is 0.879. The lowest BCUT2D eigenvalue weighted by Gasteiger charge is -2.19. The smallest absolute Gasteiger partial charge is 0.145 e. The Morgan fingerprint density at radius 1 is 0.867 bits per heavy atom. The molecule has 2 aliphatic carbocycles. The maximum Gasteiger partial charge on any atom is 0.145 e. The fourth-order valence-electron chi connectivity index (χ4n) is 6.43. The first kappa shape index (κ1) is 28.3. The van der Waals surface area contributed by atoms with E-state index in [1.807, 2.05) is 37.3 Å². The number of para-hydroxylation sites is 2. The van der Waals surface area contributed by atoms with Crippen molar-refractivity contribution in [3.63, 3.8) is 0 Å². The average molecular weight is 585 g/mol. The van der Waals surface area contributed by atoms with Crippen molar-refractivity contribution in [2.24, 2.45) is 0 Å². The molecular formula is C41H36N4. The Morgan fingerprint density at radius 3 is 2.56 bits per heavy atom. The Labute approximate surface area is 264 Å². The summed E-state index contributed by atoms with van der Waals surface area (Å²) in [5, 5.41) is 0. The van der Waals surface area contributed by atoms with E-state index in [2.05, 4.69) is 126 Å². The Bertz CT molecular complexity index is 2150. The van der Waals surface area contributed by atoms with Gasteiger partial charge >= 0.3 is 0 Å². The highest BCUT2D eigenvalue weighted by molar-refractivity contribution is 5.87. The van der Waals surface area contributed by atoms with Crippen molar-refractivity contribution in [2.45, 2.75) is 33.1 Å². The number of imidazole rings is 2. The lowest BCUT2D eigenvalue weighted by Crippen LogP contribution is -2.09. The van der Waals surface area contributed by atoms with Crippen LogP contribution in [0.5, 0.6) is 0 Å². The van der Waals surface area contributed by atoms with Crippen molar-refractivity contribution < 1.29 is 0 Å². The van der Waals surface area contributed by atoms with E-state index in [1.165, 1.54) is 22.4 Å². The molecule has 0 spiro atoms. The summed E-state index contributed by atoms with van der Waals surface area (Å²) in [6.07, 6.45) is 33.0. The van der Waals surface area contributed by atoms with Crippen LogP contribution in [0.2, 0.25) is 0 Å². The third-order valence-electron chi connectivity index (χ3n) is 8.49. The van der Waals surface area contributed by atoms with Gasteiger partial charge in [-0.25, -0.2) is 9.97 Å². The first-order chi connectivity index (χ1) is 22.2. The first-order valence-electron chi connectivity index (χ1n) is 15.7. The predicted molar refractivity (Wildman–Crippen MR) is 193 cm³/mol. The SMILES string of the molecule is C=C/C(=C\C=C/C)n1c(-c2ccc(/C=C/c3nc4c5c(c6c(n4c3/C=C\C)CC=CC=C6)CCC=C5)cc2)nc2ccccc21. The van der Waals surface area contributed by atoms with Crippen LogP contribution in [-0.2, 0) is 12.8 Å². The molecule has 0 fully saturated rings. The molecule has 0 saturated carbocycles. The fraction of sp³-hybridized carbons (Fsp3) is 0.122. The second kappa shape index (κ2) is 12.3. The minimum absolute atomic E-state index is 0.879. The maximum absolute atomic E-state index is 5.24. The van der Waals surface area contributed by atoms with E-state index in [0.717, 1.165) is 70.0 Å². The van der Waals surface area contributed by atoms with Crippen molar-refractivity contribution >= 4 is 52.8 Å². The Balaban J connectivity index is 1.30. The highest BCUT2D eigenvalue weighted by Gasteiger charge is 2.22. The van der Waals surface area contributed by atoms with E-state index in [4.69, 9.17) is 9.97 Å². The summed E-state index contributed by atoms with van der Waals surface area (Å²) < 4.78 is 4.55. The van der Waals surface area contributed by atoms with Gasteiger partial charge in [-0.1, -0.05) is 104 Å². The Morgan fingerprint density at radius 2 is 1.73 bits per heavy atom. The largest absolute Gasteiger partial charge is 0.295 e. The molecule has 7 rings (SSSR count). The third-order valence-corrected chi connectivity index (χ3v) is 8.49. The normalized spacial score (nSPS) is 14.8. The lowest BCUT2D eigenvalue weighted by atomic mass is 9.91. The monoisotopic (exact) mass is 584 g/mol. The molecule has 0 amide bonds. The van der Waals surface area contributed by atoms with Crippen LogP contribution in [0, 0.1) is 0 Å². The third kappa shape index (κ3) is 5.08. The fourth-order valence-corrected chi connectivity index (χ4v) is 6.43. The van der Waals surface area contributed by atoms with Crippen molar-refractivity contribution in [1.29, 1.82) is 0 Å². The van der Waals surface area contributed by atoms with Gasteiger partial charge in [-0.15, -0.1) is 0 Å². The molecule has 0 N–H and O–H groups in total. The van der Waals surface area contributed by atoms with Gasteiger partial charge in [0.2, 0.25) is 0 Å². The highest BCUT2D eigenvalue weighted by atomic mass is 15.1. The molecular weight excluding hydrogens is 548 g/mol. The van der Waals surface area contributed by atoms with Crippen LogP contribution in [0.1, 0.15) is 59.6 Å². The molecule has 3 heterocycles. The summed E-state index contributed by atoms with van der Waals surface area (Å²) in [7, 11) is 0. The lowest BCUT2D eigenvalue weighted by molar-refractivity contribution is 0.937. The van der Waals surface area contributed by atoms with Crippen LogP contribution in [0.25, 0.3) is 64.1 Å². The van der Waals surface area contributed by atoms with Gasteiger partial charge < -0.3 is 0 Å². The molecule has 0 bridgehead atoms. The summed E-state index contributed by atoms with van der Waals surface area (Å²) >= 11 is 0. The zero-order valence-corrected chi connectivity index (χ0v) is 25.8. The summed E-state index contributed by atoms with van der Waals surface area (Å²) in [5.41, 5.74) is 13.5. The molecule has 45 heavy (non-hydrogen) atoms. The topological polar surface area (TPSA) is 35.1 Å². The van der Waals surface area contributed by atoms with Crippen LogP contribution >= 0.6 is 0 Å². The molecule has 3 aromatic heterocycles. The second-order valence-corrected chi connectivity index (χ2v) is 11.3. The van der Waals surface area contributed by atoms with Gasteiger partial charge in [-0.2, -0.15) is 0 Å². The van der Waals surface area contributed by atoms with E-state index in [0.29, 0.717) is 0 Å². The van der Waals surface area contributed by atoms with E-state index < -0.39 is 0 Å². The van der Waals surface area contributed by atoms with Gasteiger partial charge in [-0.05, 0) is 79.8 Å². The number of aromatic nitrogens is 4. The van der Waals surface area contributed by atoms with Gasteiger partial charge in [0.15, 0.2) is 0 Å². The Hall–Kier alpha value is -5.48. The molecule has 0 aliphatic heterocycles. The molecule has 5 aromatic rings. The van der Waals surface area contributed by atoms with Gasteiger partial charge in [0.05, 0.1) is 22.4 Å². The molecule has 0 atom stereocenters. The van der Waals surface area contributed by atoms with E-state index >= 15 is 0 Å². The van der Waals surface area contributed by atoms with Gasteiger partial charge in [0.25, 0.3) is 0 Å². The summed E-state index contributed by atoms with van der Waals surface area (Å²) in [4.78, 5) is 10.3. The molecule has 2 aromatic carbocycles. The maximum atomic E-state index is 5.24. The number of benzene rings is 2.